The van der Waals surface area contributed by atoms with E-state index in [1.54, 1.807) is 25.6 Å². The topological polar surface area (TPSA) is 108 Å². The van der Waals surface area contributed by atoms with Crippen molar-refractivity contribution in [2.75, 3.05) is 18.2 Å². The summed E-state index contributed by atoms with van der Waals surface area (Å²) in [4.78, 5) is 8.70. The molecular formula is C19H22N6O2. The Hall–Kier alpha value is -3.16. The van der Waals surface area contributed by atoms with E-state index in [-0.39, 0.29) is 6.10 Å². The van der Waals surface area contributed by atoms with Crippen LogP contribution in [0.1, 0.15) is 25.7 Å². The molecule has 1 saturated carbocycles. The maximum atomic E-state index is 6.22. The molecule has 1 aliphatic rings. The highest BCUT2D eigenvalue weighted by molar-refractivity contribution is 5.84. The molecule has 8 heteroatoms. The van der Waals surface area contributed by atoms with Gasteiger partial charge in [-0.25, -0.2) is 4.98 Å². The molecule has 0 spiro atoms. The summed E-state index contributed by atoms with van der Waals surface area (Å²) in [6.07, 6.45) is 7.33. The van der Waals surface area contributed by atoms with Gasteiger partial charge < -0.3 is 20.5 Å². The highest BCUT2D eigenvalue weighted by Gasteiger charge is 2.23. The predicted octanol–water partition coefficient (Wildman–Crippen LogP) is 2.81. The van der Waals surface area contributed by atoms with Crippen LogP contribution in [0.5, 0.6) is 11.6 Å². The Kier molecular flexibility index (Phi) is 4.86. The molecule has 0 radical (unpaired) electrons. The Morgan fingerprint density at radius 1 is 1.04 bits per heavy atom. The Morgan fingerprint density at radius 2 is 1.85 bits per heavy atom. The van der Waals surface area contributed by atoms with Crippen molar-refractivity contribution in [3.63, 3.8) is 0 Å². The first-order chi connectivity index (χ1) is 13.2. The van der Waals surface area contributed by atoms with Gasteiger partial charge in [-0.1, -0.05) is 0 Å². The summed E-state index contributed by atoms with van der Waals surface area (Å²) in [7, 11) is 1.58. The van der Waals surface area contributed by atoms with E-state index in [0.29, 0.717) is 23.4 Å². The molecule has 0 unspecified atom stereocenters. The van der Waals surface area contributed by atoms with Crippen molar-refractivity contribution in [3.8, 4) is 11.6 Å². The van der Waals surface area contributed by atoms with E-state index in [1.165, 1.54) is 0 Å². The largest absolute Gasteiger partial charge is 0.488 e. The van der Waals surface area contributed by atoms with Gasteiger partial charge in [0.15, 0.2) is 0 Å². The van der Waals surface area contributed by atoms with Crippen molar-refractivity contribution < 1.29 is 9.47 Å². The first-order valence-electron chi connectivity index (χ1n) is 9.02. The second kappa shape index (κ2) is 7.61. The number of anilines is 2. The maximum absolute atomic E-state index is 6.22. The summed E-state index contributed by atoms with van der Waals surface area (Å²) >= 11 is 0. The van der Waals surface area contributed by atoms with Gasteiger partial charge in [0.2, 0.25) is 5.88 Å². The monoisotopic (exact) mass is 366 g/mol. The van der Waals surface area contributed by atoms with Gasteiger partial charge in [0.1, 0.15) is 17.1 Å². The van der Waals surface area contributed by atoms with Crippen LogP contribution in [0.4, 0.5) is 11.5 Å². The number of ether oxygens (including phenoxy) is 2. The van der Waals surface area contributed by atoms with Crippen LogP contribution in [0, 0.1) is 0 Å². The molecule has 3 N–H and O–H groups in total. The summed E-state index contributed by atoms with van der Waals surface area (Å²) in [6.45, 7) is 0. The highest BCUT2D eigenvalue weighted by Crippen LogP contribution is 2.30. The van der Waals surface area contributed by atoms with Gasteiger partial charge in [0, 0.05) is 36.3 Å². The molecule has 1 fully saturated rings. The van der Waals surface area contributed by atoms with E-state index >= 15 is 0 Å². The standard InChI is InChI=1S/C19H22N6O2/c1-26-18-7-6-17(24-25-18)23-13-2-4-14(5-3-13)27-16-11-12(20)10-15-19(16)22-9-8-21-15/h6-11,13-14H,2-5,20H2,1H3,(H,23,24). The zero-order valence-electron chi connectivity index (χ0n) is 15.1. The molecule has 0 atom stereocenters. The fraction of sp³-hybridized carbons (Fsp3) is 0.368. The summed E-state index contributed by atoms with van der Waals surface area (Å²) < 4.78 is 11.3. The van der Waals surface area contributed by atoms with Crippen LogP contribution in [0.15, 0.2) is 36.7 Å². The van der Waals surface area contributed by atoms with Crippen molar-refractivity contribution in [2.24, 2.45) is 0 Å². The minimum Gasteiger partial charge on any atom is -0.488 e. The number of nitrogens with two attached hydrogens (primary N) is 1. The van der Waals surface area contributed by atoms with Gasteiger partial charge in [-0.05, 0) is 37.8 Å². The van der Waals surface area contributed by atoms with E-state index in [2.05, 4.69) is 25.5 Å². The molecule has 3 aromatic rings. The van der Waals surface area contributed by atoms with Gasteiger partial charge in [0.05, 0.1) is 18.7 Å². The number of hydrogen-bond donors (Lipinski definition) is 2. The van der Waals surface area contributed by atoms with Crippen LogP contribution >= 0.6 is 0 Å². The predicted molar refractivity (Wildman–Crippen MR) is 103 cm³/mol. The normalized spacial score (nSPS) is 19.6. The minimum atomic E-state index is 0.136. The first-order valence-corrected chi connectivity index (χ1v) is 9.02. The molecule has 8 nitrogen and oxygen atoms in total. The van der Waals surface area contributed by atoms with E-state index in [1.807, 2.05) is 18.2 Å². The molecule has 4 rings (SSSR count). The van der Waals surface area contributed by atoms with E-state index in [0.717, 1.165) is 42.5 Å². The lowest BCUT2D eigenvalue weighted by Gasteiger charge is -2.30. The second-order valence-corrected chi connectivity index (χ2v) is 6.64. The number of nitrogen functional groups attached to an aromatic ring is 1. The third-order valence-electron chi connectivity index (χ3n) is 4.73. The Bertz CT molecular complexity index is 910. The molecule has 1 aliphatic carbocycles. The first kappa shape index (κ1) is 17.3. The van der Waals surface area contributed by atoms with Gasteiger partial charge in [-0.2, -0.15) is 0 Å². The number of hydrogen-bond acceptors (Lipinski definition) is 8. The Labute approximate surface area is 157 Å². The average Bonchev–Trinajstić information content (AvgIpc) is 2.70. The lowest BCUT2D eigenvalue weighted by molar-refractivity contribution is 0.152. The van der Waals surface area contributed by atoms with Crippen molar-refractivity contribution in [1.82, 2.24) is 20.2 Å². The Balaban J connectivity index is 1.37. The zero-order valence-corrected chi connectivity index (χ0v) is 15.1. The number of aromatic nitrogens is 4. The number of methoxy groups -OCH3 is 1. The highest BCUT2D eigenvalue weighted by atomic mass is 16.5. The molecule has 0 bridgehead atoms. The van der Waals surface area contributed by atoms with Gasteiger partial charge in [0.25, 0.3) is 0 Å². The molecule has 0 amide bonds. The van der Waals surface area contributed by atoms with Crippen LogP contribution in [0.2, 0.25) is 0 Å². The molecule has 1 aromatic carbocycles. The van der Waals surface area contributed by atoms with Crippen LogP contribution in [0.25, 0.3) is 11.0 Å². The molecule has 0 saturated heterocycles. The SMILES string of the molecule is COc1ccc(NC2CCC(Oc3cc(N)cc4nccnc34)CC2)nn1. The number of benzene rings is 1. The number of nitrogens with one attached hydrogen (secondary N) is 1. The molecule has 2 heterocycles. The summed E-state index contributed by atoms with van der Waals surface area (Å²) in [5.74, 6) is 1.97. The Morgan fingerprint density at radius 3 is 2.59 bits per heavy atom. The maximum Gasteiger partial charge on any atom is 0.233 e. The van der Waals surface area contributed by atoms with E-state index in [9.17, 15) is 0 Å². The van der Waals surface area contributed by atoms with Gasteiger partial charge >= 0.3 is 0 Å². The number of nitrogens with zero attached hydrogens (tertiary/aromatic N) is 4. The number of rotatable bonds is 5. The summed E-state index contributed by atoms with van der Waals surface area (Å²) in [5.41, 5.74) is 8.11. The quantitative estimate of drug-likeness (QED) is 0.664. The van der Waals surface area contributed by atoms with E-state index < -0.39 is 0 Å². The van der Waals surface area contributed by atoms with Crippen molar-refractivity contribution >= 4 is 22.5 Å². The second-order valence-electron chi connectivity index (χ2n) is 6.64. The molecule has 0 aliphatic heterocycles. The van der Waals surface area contributed by atoms with Crippen LogP contribution in [-0.4, -0.2) is 39.4 Å². The summed E-state index contributed by atoms with van der Waals surface area (Å²) in [6, 6.07) is 7.67. The van der Waals surface area contributed by atoms with Crippen molar-refractivity contribution in [3.05, 3.63) is 36.7 Å². The third kappa shape index (κ3) is 3.99. The smallest absolute Gasteiger partial charge is 0.233 e. The lowest BCUT2D eigenvalue weighted by Crippen LogP contribution is -2.31. The molecular weight excluding hydrogens is 344 g/mol. The van der Waals surface area contributed by atoms with Crippen LogP contribution < -0.4 is 20.5 Å². The fourth-order valence-corrected chi connectivity index (χ4v) is 3.37. The molecule has 140 valence electrons. The fourth-order valence-electron chi connectivity index (χ4n) is 3.37. The number of fused-ring (bicyclic) bond motifs is 1. The van der Waals surface area contributed by atoms with Gasteiger partial charge in [-0.3, -0.25) is 4.98 Å². The molecule has 2 aromatic heterocycles. The lowest BCUT2D eigenvalue weighted by atomic mass is 9.93. The third-order valence-corrected chi connectivity index (χ3v) is 4.73. The summed E-state index contributed by atoms with van der Waals surface area (Å²) in [5, 5.41) is 11.5. The average molecular weight is 366 g/mol. The van der Waals surface area contributed by atoms with Crippen LogP contribution in [0.3, 0.4) is 0 Å². The zero-order chi connectivity index (χ0) is 18.6. The van der Waals surface area contributed by atoms with Crippen molar-refractivity contribution in [2.45, 2.75) is 37.8 Å². The minimum absolute atomic E-state index is 0.136. The van der Waals surface area contributed by atoms with E-state index in [4.69, 9.17) is 15.2 Å². The van der Waals surface area contributed by atoms with Crippen molar-refractivity contribution in [1.29, 1.82) is 0 Å². The van der Waals surface area contributed by atoms with Gasteiger partial charge in [-0.15, -0.1) is 10.2 Å². The van der Waals surface area contributed by atoms with Crippen LogP contribution in [-0.2, 0) is 0 Å². The molecule has 27 heavy (non-hydrogen) atoms.